The van der Waals surface area contributed by atoms with E-state index >= 15 is 0 Å². The van der Waals surface area contributed by atoms with Crippen molar-refractivity contribution in [3.05, 3.63) is 59.3 Å². The van der Waals surface area contributed by atoms with Crippen LogP contribution in [-0.2, 0) is 25.8 Å². The van der Waals surface area contributed by atoms with Crippen LogP contribution in [0.15, 0.2) is 36.4 Å². The summed E-state index contributed by atoms with van der Waals surface area (Å²) in [4.78, 5) is 4.86. The number of benzene rings is 1. The molecule has 3 aromatic heterocycles. The molecule has 4 rings (SSSR count). The molecule has 0 fully saturated rings. The van der Waals surface area contributed by atoms with Crippen LogP contribution in [0.25, 0.3) is 17.2 Å². The number of tetrazole rings is 1. The Morgan fingerprint density at radius 3 is 2.34 bits per heavy atom. The van der Waals surface area contributed by atoms with Crippen molar-refractivity contribution in [3.8, 4) is 17.2 Å². The van der Waals surface area contributed by atoms with Crippen molar-refractivity contribution in [2.24, 2.45) is 11.8 Å². The Hall–Kier alpha value is -3.29. The van der Waals surface area contributed by atoms with Gasteiger partial charge in [-0.25, -0.2) is 9.67 Å². The molecule has 0 aliphatic heterocycles. The molecular weight excluding hydrogens is 436 g/mol. The van der Waals surface area contributed by atoms with Crippen LogP contribution in [0.1, 0.15) is 76.8 Å². The van der Waals surface area contributed by atoms with Gasteiger partial charge in [-0.05, 0) is 59.7 Å². The Balaban J connectivity index is 1.60. The van der Waals surface area contributed by atoms with E-state index in [1.54, 1.807) is 0 Å². The molecule has 0 unspecified atom stereocenters. The standard InChI is InChI=1S/C27H38N8/c1-6-7-8-9-22-14-15-24(27-29-32-33-30-27)35(22)23-12-10-21(11-13-23)18-34-26(17-20(4)5)28-25(31-34)16-19(2)3/h10-15,19-20H,6-9,16-18H2,1-5H3,(H,29,30,32,33). The second kappa shape index (κ2) is 11.4. The number of aryl methyl sites for hydroxylation is 1. The van der Waals surface area contributed by atoms with Crippen LogP contribution in [0.3, 0.4) is 0 Å². The van der Waals surface area contributed by atoms with E-state index < -0.39 is 0 Å². The molecule has 8 nitrogen and oxygen atoms in total. The van der Waals surface area contributed by atoms with Crippen LogP contribution >= 0.6 is 0 Å². The molecule has 35 heavy (non-hydrogen) atoms. The summed E-state index contributed by atoms with van der Waals surface area (Å²) in [5.74, 6) is 3.70. The van der Waals surface area contributed by atoms with E-state index in [0.29, 0.717) is 17.7 Å². The molecule has 3 heterocycles. The summed E-state index contributed by atoms with van der Waals surface area (Å²) >= 11 is 0. The molecular formula is C27H38N8. The highest BCUT2D eigenvalue weighted by molar-refractivity contribution is 5.56. The zero-order valence-corrected chi connectivity index (χ0v) is 21.7. The second-order valence-electron chi connectivity index (χ2n) is 10.2. The molecule has 0 aliphatic carbocycles. The first-order valence-corrected chi connectivity index (χ1v) is 12.9. The van der Waals surface area contributed by atoms with Crippen molar-refractivity contribution in [1.82, 2.24) is 40.0 Å². The summed E-state index contributed by atoms with van der Waals surface area (Å²) in [7, 11) is 0. The molecule has 4 aromatic rings. The lowest BCUT2D eigenvalue weighted by molar-refractivity contribution is 0.560. The first-order valence-electron chi connectivity index (χ1n) is 12.9. The number of aromatic amines is 1. The van der Waals surface area contributed by atoms with Crippen LogP contribution in [0.5, 0.6) is 0 Å². The van der Waals surface area contributed by atoms with Crippen LogP contribution in [0, 0.1) is 11.8 Å². The second-order valence-corrected chi connectivity index (χ2v) is 10.2. The maximum absolute atomic E-state index is 4.86. The molecule has 0 atom stereocenters. The molecule has 186 valence electrons. The Morgan fingerprint density at radius 2 is 1.69 bits per heavy atom. The molecule has 0 spiro atoms. The molecule has 1 N–H and O–H groups in total. The van der Waals surface area contributed by atoms with Gasteiger partial charge in [-0.15, -0.1) is 10.2 Å². The lowest BCUT2D eigenvalue weighted by Gasteiger charge is -2.14. The summed E-state index contributed by atoms with van der Waals surface area (Å²) in [6, 6.07) is 13.0. The van der Waals surface area contributed by atoms with E-state index in [2.05, 4.69) is 101 Å². The van der Waals surface area contributed by atoms with Gasteiger partial charge in [0.15, 0.2) is 5.82 Å². The van der Waals surface area contributed by atoms with Crippen molar-refractivity contribution in [2.75, 3.05) is 0 Å². The van der Waals surface area contributed by atoms with Gasteiger partial charge in [-0.3, -0.25) is 0 Å². The number of nitrogens with one attached hydrogen (secondary N) is 1. The number of unbranched alkanes of at least 4 members (excludes halogenated alkanes) is 2. The fourth-order valence-corrected chi connectivity index (χ4v) is 4.42. The smallest absolute Gasteiger partial charge is 0.221 e. The van der Waals surface area contributed by atoms with Crippen molar-refractivity contribution in [2.45, 2.75) is 79.7 Å². The zero-order valence-electron chi connectivity index (χ0n) is 21.7. The molecule has 0 saturated carbocycles. The van der Waals surface area contributed by atoms with E-state index in [0.717, 1.165) is 55.3 Å². The third-order valence-electron chi connectivity index (χ3n) is 6.07. The molecule has 1 aromatic carbocycles. The van der Waals surface area contributed by atoms with Gasteiger partial charge >= 0.3 is 0 Å². The van der Waals surface area contributed by atoms with Crippen molar-refractivity contribution < 1.29 is 0 Å². The van der Waals surface area contributed by atoms with E-state index in [1.807, 2.05) is 0 Å². The van der Waals surface area contributed by atoms with Gasteiger partial charge in [0.1, 0.15) is 5.82 Å². The van der Waals surface area contributed by atoms with E-state index in [1.165, 1.54) is 24.1 Å². The van der Waals surface area contributed by atoms with Gasteiger partial charge in [0.05, 0.1) is 12.2 Å². The number of rotatable bonds is 12. The third kappa shape index (κ3) is 6.24. The highest BCUT2D eigenvalue weighted by Gasteiger charge is 2.16. The summed E-state index contributed by atoms with van der Waals surface area (Å²) in [6.07, 6.45) is 6.44. The van der Waals surface area contributed by atoms with Crippen LogP contribution in [0.2, 0.25) is 0 Å². The van der Waals surface area contributed by atoms with Crippen molar-refractivity contribution >= 4 is 0 Å². The summed E-state index contributed by atoms with van der Waals surface area (Å²) in [5, 5.41) is 19.6. The molecule has 0 bridgehead atoms. The van der Waals surface area contributed by atoms with Crippen LogP contribution < -0.4 is 0 Å². The Bertz CT molecular complexity index is 1180. The van der Waals surface area contributed by atoms with Gasteiger partial charge in [-0.2, -0.15) is 10.3 Å². The van der Waals surface area contributed by atoms with Crippen molar-refractivity contribution in [1.29, 1.82) is 0 Å². The monoisotopic (exact) mass is 474 g/mol. The predicted octanol–water partition coefficient (Wildman–Crippen LogP) is 5.43. The van der Waals surface area contributed by atoms with Gasteiger partial charge in [0.2, 0.25) is 5.82 Å². The zero-order chi connectivity index (χ0) is 24.8. The minimum atomic E-state index is 0.538. The molecule has 0 aliphatic rings. The van der Waals surface area contributed by atoms with Crippen LogP contribution in [0.4, 0.5) is 0 Å². The Morgan fingerprint density at radius 1 is 0.914 bits per heavy atom. The number of nitrogens with zero attached hydrogens (tertiary/aromatic N) is 7. The fraction of sp³-hybridized carbons (Fsp3) is 0.519. The van der Waals surface area contributed by atoms with E-state index in [9.17, 15) is 0 Å². The predicted molar refractivity (Wildman–Crippen MR) is 138 cm³/mol. The Labute approximate surface area is 208 Å². The summed E-state index contributed by atoms with van der Waals surface area (Å²) < 4.78 is 4.34. The minimum absolute atomic E-state index is 0.538. The first-order chi connectivity index (χ1) is 16.9. The first kappa shape index (κ1) is 24.8. The van der Waals surface area contributed by atoms with Gasteiger partial charge in [0.25, 0.3) is 0 Å². The van der Waals surface area contributed by atoms with Gasteiger partial charge in [0, 0.05) is 24.2 Å². The topological polar surface area (TPSA) is 90.1 Å². The van der Waals surface area contributed by atoms with Gasteiger partial charge < -0.3 is 4.57 Å². The average molecular weight is 475 g/mol. The minimum Gasteiger partial charge on any atom is -0.311 e. The van der Waals surface area contributed by atoms with Crippen LogP contribution in [-0.4, -0.2) is 40.0 Å². The highest BCUT2D eigenvalue weighted by atomic mass is 15.5. The lowest BCUT2D eigenvalue weighted by atomic mass is 10.1. The fourth-order valence-electron chi connectivity index (χ4n) is 4.42. The summed E-state index contributed by atoms with van der Waals surface area (Å²) in [5.41, 5.74) is 4.53. The maximum Gasteiger partial charge on any atom is 0.221 e. The number of H-pyrrole nitrogens is 1. The summed E-state index contributed by atoms with van der Waals surface area (Å²) in [6.45, 7) is 11.8. The average Bonchev–Trinajstić information content (AvgIpc) is 3.55. The normalized spacial score (nSPS) is 11.7. The number of hydrogen-bond acceptors (Lipinski definition) is 5. The number of aromatic nitrogens is 8. The SMILES string of the molecule is CCCCCc1ccc(-c2nn[nH]n2)n1-c1ccc(Cn2nc(CC(C)C)nc2CC(C)C)cc1. The molecule has 0 amide bonds. The molecule has 8 heteroatoms. The lowest BCUT2D eigenvalue weighted by Crippen LogP contribution is -2.10. The third-order valence-corrected chi connectivity index (χ3v) is 6.07. The quantitative estimate of drug-likeness (QED) is 0.277. The van der Waals surface area contributed by atoms with E-state index in [4.69, 9.17) is 10.1 Å². The number of hydrogen-bond donors (Lipinski definition) is 1. The molecule has 0 saturated heterocycles. The van der Waals surface area contributed by atoms with Crippen molar-refractivity contribution in [3.63, 3.8) is 0 Å². The maximum atomic E-state index is 4.86. The Kier molecular flexibility index (Phi) is 8.10. The highest BCUT2D eigenvalue weighted by Crippen LogP contribution is 2.26. The largest absolute Gasteiger partial charge is 0.311 e. The van der Waals surface area contributed by atoms with Gasteiger partial charge in [-0.1, -0.05) is 59.6 Å². The van der Waals surface area contributed by atoms with E-state index in [-0.39, 0.29) is 0 Å². The molecule has 0 radical (unpaired) electrons.